The maximum atomic E-state index is 13.9. The second-order valence-corrected chi connectivity index (χ2v) is 8.12. The van der Waals surface area contributed by atoms with E-state index in [0.29, 0.717) is 26.2 Å². The Bertz CT molecular complexity index is 1200. The van der Waals surface area contributed by atoms with Crippen LogP contribution in [0.15, 0.2) is 24.3 Å². The van der Waals surface area contributed by atoms with Crippen LogP contribution in [0.3, 0.4) is 0 Å². The fraction of sp³-hybridized carbons (Fsp3) is 0.409. The van der Waals surface area contributed by atoms with E-state index in [9.17, 15) is 26.7 Å². The Morgan fingerprint density at radius 3 is 2.45 bits per heavy atom. The van der Waals surface area contributed by atoms with Crippen molar-refractivity contribution in [3.05, 3.63) is 58.4 Å². The summed E-state index contributed by atoms with van der Waals surface area (Å²) < 4.78 is 69.0. The molecular weight excluding hydrogens is 445 g/mol. The second-order valence-electron chi connectivity index (χ2n) is 8.12. The number of aryl methyl sites for hydroxylation is 2. The third-order valence-corrected chi connectivity index (χ3v) is 5.75. The fourth-order valence-electron chi connectivity index (χ4n) is 4.11. The molecule has 33 heavy (non-hydrogen) atoms. The lowest BCUT2D eigenvalue weighted by molar-refractivity contribution is -0.136. The van der Waals surface area contributed by atoms with Crippen molar-refractivity contribution in [1.82, 2.24) is 24.6 Å². The molecule has 1 amide bonds. The number of pyridine rings is 1. The van der Waals surface area contributed by atoms with Gasteiger partial charge in [0.25, 0.3) is 0 Å². The Morgan fingerprint density at radius 2 is 1.79 bits per heavy atom. The highest BCUT2D eigenvalue weighted by molar-refractivity contribution is 5.85. The molecule has 1 aliphatic rings. The highest BCUT2D eigenvalue weighted by Crippen LogP contribution is 2.36. The van der Waals surface area contributed by atoms with Crippen LogP contribution in [0, 0.1) is 25.5 Å². The van der Waals surface area contributed by atoms with Gasteiger partial charge in [-0.15, -0.1) is 0 Å². The van der Waals surface area contributed by atoms with E-state index >= 15 is 0 Å². The molecule has 11 heteroatoms. The van der Waals surface area contributed by atoms with Crippen molar-refractivity contribution in [1.29, 1.82) is 0 Å². The number of fused-ring (bicyclic) bond motifs is 1. The molecule has 0 spiro atoms. The van der Waals surface area contributed by atoms with Gasteiger partial charge in [0, 0.05) is 44.0 Å². The van der Waals surface area contributed by atoms with E-state index < -0.39 is 23.4 Å². The number of amides is 1. The maximum absolute atomic E-state index is 13.9. The average Bonchev–Trinajstić information content (AvgIpc) is 3.05. The number of piperazine rings is 1. The zero-order valence-corrected chi connectivity index (χ0v) is 18.1. The lowest BCUT2D eigenvalue weighted by Gasteiger charge is -2.34. The standard InChI is InChI=1S/C22H22F5N5O/c1-13-10-16(22(25,26)27)19-14(2)29-32(21(19)28-13)12-18(33)31-8-6-30(7-9-31)11-15-4-3-5-17(23)20(15)24/h3-5,10H,6-9,11-12H2,1-2H3. The van der Waals surface area contributed by atoms with Crippen molar-refractivity contribution in [3.63, 3.8) is 0 Å². The molecule has 0 saturated carbocycles. The van der Waals surface area contributed by atoms with Crippen molar-refractivity contribution in [2.24, 2.45) is 0 Å². The van der Waals surface area contributed by atoms with Gasteiger partial charge in [-0.05, 0) is 26.0 Å². The molecule has 0 bridgehead atoms. The van der Waals surface area contributed by atoms with Crippen molar-refractivity contribution >= 4 is 16.9 Å². The van der Waals surface area contributed by atoms with Gasteiger partial charge in [-0.1, -0.05) is 12.1 Å². The summed E-state index contributed by atoms with van der Waals surface area (Å²) in [5.74, 6) is -2.08. The monoisotopic (exact) mass is 467 g/mol. The van der Waals surface area contributed by atoms with Crippen LogP contribution in [0.2, 0.25) is 0 Å². The van der Waals surface area contributed by atoms with Crippen LogP contribution in [0.25, 0.3) is 11.0 Å². The average molecular weight is 467 g/mol. The number of benzene rings is 1. The highest BCUT2D eigenvalue weighted by atomic mass is 19.4. The summed E-state index contributed by atoms with van der Waals surface area (Å²) in [4.78, 5) is 20.5. The number of rotatable bonds is 4. The lowest BCUT2D eigenvalue weighted by Crippen LogP contribution is -2.49. The molecule has 0 unspecified atom stereocenters. The predicted molar refractivity (Wildman–Crippen MR) is 110 cm³/mol. The van der Waals surface area contributed by atoms with Gasteiger partial charge in [0.2, 0.25) is 5.91 Å². The van der Waals surface area contributed by atoms with E-state index in [1.165, 1.54) is 30.7 Å². The summed E-state index contributed by atoms with van der Waals surface area (Å²) in [7, 11) is 0. The molecule has 0 radical (unpaired) electrons. The van der Waals surface area contributed by atoms with Gasteiger partial charge in [-0.2, -0.15) is 18.3 Å². The molecule has 2 aromatic heterocycles. The number of carbonyl (C=O) groups excluding carboxylic acids is 1. The smallest absolute Gasteiger partial charge is 0.339 e. The topological polar surface area (TPSA) is 54.3 Å². The summed E-state index contributed by atoms with van der Waals surface area (Å²) in [5, 5.41) is 4.04. The second kappa shape index (κ2) is 8.69. The minimum atomic E-state index is -4.56. The number of hydrogen-bond acceptors (Lipinski definition) is 4. The van der Waals surface area contributed by atoms with Crippen LogP contribution in [0.5, 0.6) is 0 Å². The molecule has 0 aliphatic carbocycles. The van der Waals surface area contributed by atoms with Gasteiger partial charge in [0.05, 0.1) is 16.6 Å². The Hall–Kier alpha value is -3.08. The molecule has 0 atom stereocenters. The van der Waals surface area contributed by atoms with E-state index in [1.807, 2.05) is 4.90 Å². The van der Waals surface area contributed by atoms with Crippen molar-refractivity contribution < 1.29 is 26.7 Å². The first kappa shape index (κ1) is 23.1. The van der Waals surface area contributed by atoms with Crippen LogP contribution in [-0.2, 0) is 24.1 Å². The number of halogens is 5. The Balaban J connectivity index is 1.45. The third kappa shape index (κ3) is 4.68. The summed E-state index contributed by atoms with van der Waals surface area (Å²) in [6.07, 6.45) is -4.56. The molecule has 1 aliphatic heterocycles. The molecule has 176 valence electrons. The van der Waals surface area contributed by atoms with Crippen LogP contribution in [0.1, 0.15) is 22.5 Å². The van der Waals surface area contributed by atoms with E-state index in [0.717, 1.165) is 12.1 Å². The zero-order valence-electron chi connectivity index (χ0n) is 18.1. The largest absolute Gasteiger partial charge is 0.417 e. The lowest BCUT2D eigenvalue weighted by atomic mass is 10.1. The van der Waals surface area contributed by atoms with Crippen molar-refractivity contribution in [3.8, 4) is 0 Å². The minimum absolute atomic E-state index is 0.0217. The van der Waals surface area contributed by atoms with Crippen LogP contribution < -0.4 is 0 Å². The fourth-order valence-corrected chi connectivity index (χ4v) is 4.11. The van der Waals surface area contributed by atoms with Crippen LogP contribution in [-0.4, -0.2) is 56.7 Å². The van der Waals surface area contributed by atoms with Gasteiger partial charge in [-0.25, -0.2) is 18.4 Å². The molecule has 1 aromatic carbocycles. The number of alkyl halides is 3. The van der Waals surface area contributed by atoms with E-state index in [4.69, 9.17) is 0 Å². The number of aromatic nitrogens is 3. The number of nitrogens with zero attached hydrogens (tertiary/aromatic N) is 5. The first-order valence-corrected chi connectivity index (χ1v) is 10.4. The van der Waals surface area contributed by atoms with E-state index in [-0.39, 0.29) is 47.0 Å². The summed E-state index contributed by atoms with van der Waals surface area (Å²) in [6.45, 7) is 4.52. The molecule has 3 aromatic rings. The molecule has 6 nitrogen and oxygen atoms in total. The van der Waals surface area contributed by atoms with Crippen molar-refractivity contribution in [2.45, 2.75) is 33.1 Å². The molecule has 0 N–H and O–H groups in total. The van der Waals surface area contributed by atoms with E-state index in [2.05, 4.69) is 10.1 Å². The van der Waals surface area contributed by atoms with Gasteiger partial charge >= 0.3 is 6.18 Å². The zero-order chi connectivity index (χ0) is 23.9. The van der Waals surface area contributed by atoms with Crippen LogP contribution >= 0.6 is 0 Å². The molecule has 1 saturated heterocycles. The van der Waals surface area contributed by atoms with Crippen LogP contribution in [0.4, 0.5) is 22.0 Å². The summed E-state index contributed by atoms with van der Waals surface area (Å²) in [5.41, 5.74) is -0.218. The van der Waals surface area contributed by atoms with Crippen molar-refractivity contribution in [2.75, 3.05) is 26.2 Å². The number of carbonyl (C=O) groups is 1. The van der Waals surface area contributed by atoms with E-state index in [1.54, 1.807) is 4.90 Å². The predicted octanol–water partition coefficient (Wildman–Crippen LogP) is 3.69. The van der Waals surface area contributed by atoms with Gasteiger partial charge < -0.3 is 4.90 Å². The van der Waals surface area contributed by atoms with Gasteiger partial charge in [0.1, 0.15) is 6.54 Å². The van der Waals surface area contributed by atoms with Gasteiger partial charge in [-0.3, -0.25) is 9.69 Å². The number of hydrogen-bond donors (Lipinski definition) is 0. The minimum Gasteiger partial charge on any atom is -0.339 e. The molecular formula is C22H22F5N5O. The first-order valence-electron chi connectivity index (χ1n) is 10.4. The Morgan fingerprint density at radius 1 is 1.09 bits per heavy atom. The SMILES string of the molecule is Cc1cc(C(F)(F)F)c2c(C)nn(CC(=O)N3CCN(Cc4cccc(F)c4F)CC3)c2n1. The highest BCUT2D eigenvalue weighted by Gasteiger charge is 2.35. The quantitative estimate of drug-likeness (QED) is 0.550. The molecule has 4 rings (SSSR count). The first-order chi connectivity index (χ1) is 15.5. The molecule has 1 fully saturated rings. The normalized spacial score (nSPS) is 15.4. The Labute approximate surface area is 186 Å². The third-order valence-electron chi connectivity index (χ3n) is 5.75. The van der Waals surface area contributed by atoms with Gasteiger partial charge in [0.15, 0.2) is 17.3 Å². The Kier molecular flexibility index (Phi) is 6.08. The maximum Gasteiger partial charge on any atom is 0.417 e. The summed E-state index contributed by atoms with van der Waals surface area (Å²) in [6, 6.07) is 5.00. The summed E-state index contributed by atoms with van der Waals surface area (Å²) >= 11 is 0. The molecule has 3 heterocycles.